The van der Waals surface area contributed by atoms with Crippen LogP contribution in [-0.4, -0.2) is 19.4 Å². The minimum Gasteiger partial charge on any atom is -0.381 e. The second-order valence-corrected chi connectivity index (χ2v) is 15.7. The minimum absolute atomic E-state index is 0.0441. The molecule has 0 spiro atoms. The lowest BCUT2D eigenvalue weighted by atomic mass is 9.96. The van der Waals surface area contributed by atoms with Gasteiger partial charge in [-0.2, -0.15) is 0 Å². The lowest BCUT2D eigenvalue weighted by Gasteiger charge is -2.32. The van der Waals surface area contributed by atoms with Gasteiger partial charge < -0.3 is 20.4 Å². The Morgan fingerprint density at radius 3 is 1.92 bits per heavy atom. The third-order valence-electron chi connectivity index (χ3n) is 12.1. The molecule has 60 heavy (non-hydrogen) atoms. The number of aliphatic imine (C=N–C) groups is 1. The van der Waals surface area contributed by atoms with Crippen LogP contribution < -0.4 is 20.4 Å². The highest BCUT2D eigenvalue weighted by atomic mass is 15.4. The van der Waals surface area contributed by atoms with Gasteiger partial charge in [0.1, 0.15) is 12.0 Å². The molecular formula is C55H43N5. The molecule has 0 aliphatic carbocycles. The summed E-state index contributed by atoms with van der Waals surface area (Å²) in [6.45, 7) is 0.810. The maximum Gasteiger partial charge on any atom is 0.134 e. The molecule has 0 saturated carbocycles. The summed E-state index contributed by atoms with van der Waals surface area (Å²) in [4.78, 5) is 10.3. The van der Waals surface area contributed by atoms with Gasteiger partial charge in [-0.25, -0.2) is 4.99 Å². The van der Waals surface area contributed by atoms with Gasteiger partial charge >= 0.3 is 0 Å². The van der Waals surface area contributed by atoms with E-state index in [0.29, 0.717) is 0 Å². The molecular weight excluding hydrogens is 731 g/mol. The first-order valence-corrected chi connectivity index (χ1v) is 20.7. The molecule has 2 atom stereocenters. The molecule has 11 rings (SSSR count). The molecule has 3 aliphatic heterocycles. The number of nitrogens with zero attached hydrogens (tertiary/aromatic N) is 3. The highest BCUT2D eigenvalue weighted by Crippen LogP contribution is 2.57. The number of benzene rings is 8. The summed E-state index contributed by atoms with van der Waals surface area (Å²) in [6.07, 6.45) is 6.76. The van der Waals surface area contributed by atoms with Crippen LogP contribution in [0.1, 0.15) is 40.0 Å². The van der Waals surface area contributed by atoms with E-state index in [4.69, 9.17) is 4.99 Å². The van der Waals surface area contributed by atoms with E-state index in [0.717, 1.165) is 46.0 Å². The van der Waals surface area contributed by atoms with E-state index in [9.17, 15) is 0 Å². The Labute approximate surface area is 351 Å². The van der Waals surface area contributed by atoms with Crippen molar-refractivity contribution in [3.8, 4) is 22.3 Å². The molecule has 8 aromatic carbocycles. The fourth-order valence-electron chi connectivity index (χ4n) is 9.23. The molecule has 5 heteroatoms. The van der Waals surface area contributed by atoms with Gasteiger partial charge in [-0.05, 0) is 57.7 Å². The lowest BCUT2D eigenvalue weighted by molar-refractivity contribution is 0.720. The Morgan fingerprint density at radius 2 is 1.15 bits per heavy atom. The number of anilines is 4. The first-order chi connectivity index (χ1) is 29.7. The smallest absolute Gasteiger partial charge is 0.134 e. The number of rotatable bonds is 7. The minimum atomic E-state index is -0.0581. The van der Waals surface area contributed by atoms with Crippen LogP contribution in [0.3, 0.4) is 0 Å². The van der Waals surface area contributed by atoms with E-state index in [-0.39, 0.29) is 12.2 Å². The number of hydrogen-bond donors (Lipinski definition) is 2. The first-order valence-electron chi connectivity index (χ1n) is 20.7. The second kappa shape index (κ2) is 14.9. The zero-order valence-corrected chi connectivity index (χ0v) is 33.3. The zero-order valence-electron chi connectivity index (χ0n) is 33.3. The van der Waals surface area contributed by atoms with Crippen molar-refractivity contribution in [1.29, 1.82) is 0 Å². The van der Waals surface area contributed by atoms with E-state index in [1.807, 2.05) is 6.07 Å². The average Bonchev–Trinajstić information content (AvgIpc) is 3.65. The monoisotopic (exact) mass is 773 g/mol. The predicted octanol–water partition coefficient (Wildman–Crippen LogP) is 13.0. The SMILES string of the molecule is CN1c2c(c3c(c4ccccc24)NCC=C3)N(c2cccc(-c3cccc(C4=CC(c5ccc(-c6ccccc6)cc5)NC(c5ccccc5)=N4)c3)c2)C1c1ccccc1. The van der Waals surface area contributed by atoms with Gasteiger partial charge in [0, 0.05) is 46.7 Å². The van der Waals surface area contributed by atoms with E-state index < -0.39 is 0 Å². The van der Waals surface area contributed by atoms with Crippen LogP contribution in [0.15, 0.2) is 205 Å². The Kier molecular flexibility index (Phi) is 8.85. The van der Waals surface area contributed by atoms with Crippen LogP contribution in [0.5, 0.6) is 0 Å². The topological polar surface area (TPSA) is 42.9 Å². The summed E-state index contributed by atoms with van der Waals surface area (Å²) in [5.74, 6) is 0.862. The second-order valence-electron chi connectivity index (χ2n) is 15.7. The molecule has 3 aliphatic rings. The van der Waals surface area contributed by atoms with Crippen molar-refractivity contribution in [1.82, 2.24) is 5.32 Å². The van der Waals surface area contributed by atoms with Crippen LogP contribution in [0, 0.1) is 0 Å². The molecule has 5 nitrogen and oxygen atoms in total. The maximum absolute atomic E-state index is 5.26. The summed E-state index contributed by atoms with van der Waals surface area (Å²) in [7, 11) is 2.24. The van der Waals surface area contributed by atoms with Gasteiger partial charge in [-0.15, -0.1) is 0 Å². The van der Waals surface area contributed by atoms with Crippen LogP contribution in [-0.2, 0) is 0 Å². The quantitative estimate of drug-likeness (QED) is 0.169. The van der Waals surface area contributed by atoms with Gasteiger partial charge in [0.25, 0.3) is 0 Å². The molecule has 0 aromatic heterocycles. The summed E-state index contributed by atoms with van der Waals surface area (Å²) in [5, 5.41) is 9.98. The zero-order chi connectivity index (χ0) is 40.0. The van der Waals surface area contributed by atoms with Crippen LogP contribution in [0.2, 0.25) is 0 Å². The van der Waals surface area contributed by atoms with E-state index in [1.54, 1.807) is 0 Å². The molecule has 0 fully saturated rings. The molecule has 2 N–H and O–H groups in total. The van der Waals surface area contributed by atoms with Crippen LogP contribution >= 0.6 is 0 Å². The third kappa shape index (κ3) is 6.23. The fourth-order valence-corrected chi connectivity index (χ4v) is 9.23. The Bertz CT molecular complexity index is 2970. The molecule has 288 valence electrons. The van der Waals surface area contributed by atoms with Gasteiger partial charge in [0.05, 0.1) is 28.8 Å². The van der Waals surface area contributed by atoms with Crippen LogP contribution in [0.4, 0.5) is 22.7 Å². The Morgan fingerprint density at radius 1 is 0.533 bits per heavy atom. The van der Waals surface area contributed by atoms with Crippen molar-refractivity contribution in [2.75, 3.05) is 28.7 Å². The molecule has 2 unspecified atom stereocenters. The summed E-state index contributed by atoms with van der Waals surface area (Å²) in [5.41, 5.74) is 16.2. The van der Waals surface area contributed by atoms with E-state index in [2.05, 4.69) is 228 Å². The number of fused-ring (bicyclic) bond motifs is 6. The van der Waals surface area contributed by atoms with Crippen molar-refractivity contribution in [2.45, 2.75) is 12.2 Å². The third-order valence-corrected chi connectivity index (χ3v) is 12.1. The number of hydrogen-bond acceptors (Lipinski definition) is 5. The van der Waals surface area contributed by atoms with E-state index in [1.165, 1.54) is 55.7 Å². The Hall–Kier alpha value is -7.63. The van der Waals surface area contributed by atoms with Crippen molar-refractivity contribution >= 4 is 51.1 Å². The summed E-state index contributed by atoms with van der Waals surface area (Å²) >= 11 is 0. The molecule has 3 heterocycles. The standard InChI is InChI=1S/C55H43N5/c1-59-52-47-27-12-11-26-46(47)51-48(28-15-33-56-51)53(52)60(55(59)41-20-9-4-10-21-41)45-25-14-23-43(35-45)42-22-13-24-44(34-42)50-36-49(57-54(58-50)40-18-7-3-8-19-40)39-31-29-38(30-32-39)37-16-5-2-6-17-37/h2-32,34-36,49,55-56H,33H2,1H3,(H,57,58). The largest absolute Gasteiger partial charge is 0.381 e. The van der Waals surface area contributed by atoms with Gasteiger partial charge in [0.15, 0.2) is 0 Å². The van der Waals surface area contributed by atoms with Gasteiger partial charge in [0.2, 0.25) is 0 Å². The highest BCUT2D eigenvalue weighted by molar-refractivity contribution is 6.15. The number of amidine groups is 1. The van der Waals surface area contributed by atoms with Gasteiger partial charge in [-0.1, -0.05) is 182 Å². The van der Waals surface area contributed by atoms with E-state index >= 15 is 0 Å². The fraction of sp³-hybridized carbons (Fsp3) is 0.0727. The van der Waals surface area contributed by atoms with Gasteiger partial charge in [-0.3, -0.25) is 0 Å². The highest BCUT2D eigenvalue weighted by Gasteiger charge is 2.40. The van der Waals surface area contributed by atoms with Crippen molar-refractivity contribution < 1.29 is 0 Å². The summed E-state index contributed by atoms with van der Waals surface area (Å²) < 4.78 is 0. The molecule has 0 saturated heterocycles. The molecule has 0 bridgehead atoms. The van der Waals surface area contributed by atoms with Crippen LogP contribution in [0.25, 0.3) is 44.8 Å². The molecule has 8 aromatic rings. The molecule has 0 amide bonds. The molecule has 0 radical (unpaired) electrons. The number of nitrogens with one attached hydrogen (secondary N) is 2. The first kappa shape index (κ1) is 35.5. The normalized spacial score (nSPS) is 16.7. The summed E-state index contributed by atoms with van der Waals surface area (Å²) in [6, 6.07) is 67.4. The maximum atomic E-state index is 5.26. The predicted molar refractivity (Wildman–Crippen MR) is 252 cm³/mol. The van der Waals surface area contributed by atoms with Crippen molar-refractivity contribution in [3.63, 3.8) is 0 Å². The lowest BCUT2D eigenvalue weighted by Crippen LogP contribution is -2.31. The average molecular weight is 774 g/mol. The van der Waals surface area contributed by atoms with Crippen molar-refractivity contribution in [3.05, 3.63) is 228 Å². The van der Waals surface area contributed by atoms with Crippen molar-refractivity contribution in [2.24, 2.45) is 4.99 Å². The Balaban J connectivity index is 1.00.